The molecule has 7 nitrogen and oxygen atoms in total. The molecule has 1 fully saturated rings. The number of benzene rings is 3. The second-order valence-electron chi connectivity index (χ2n) is 11.3. The number of anilines is 1. The van der Waals surface area contributed by atoms with Crippen LogP contribution in [0.2, 0.25) is 5.02 Å². The van der Waals surface area contributed by atoms with Gasteiger partial charge >= 0.3 is 6.18 Å². The van der Waals surface area contributed by atoms with Crippen molar-refractivity contribution in [1.29, 1.82) is 0 Å². The van der Waals surface area contributed by atoms with E-state index in [2.05, 4.69) is 5.32 Å². The lowest BCUT2D eigenvalue weighted by atomic mass is 10.0. The molecule has 3 aromatic carbocycles. The van der Waals surface area contributed by atoms with Crippen molar-refractivity contribution < 1.29 is 31.2 Å². The maximum Gasteiger partial charge on any atom is 0.416 e. The molecule has 12 heteroatoms. The van der Waals surface area contributed by atoms with Crippen LogP contribution in [0.15, 0.2) is 78.9 Å². The molecule has 1 atom stereocenters. The number of halogens is 4. The number of rotatable bonds is 13. The van der Waals surface area contributed by atoms with Crippen LogP contribution in [-0.2, 0) is 38.8 Å². The van der Waals surface area contributed by atoms with Crippen molar-refractivity contribution in [1.82, 2.24) is 10.2 Å². The van der Waals surface area contributed by atoms with Gasteiger partial charge in [-0.2, -0.15) is 13.2 Å². The Morgan fingerprint density at radius 1 is 0.956 bits per heavy atom. The molecule has 0 saturated heterocycles. The van der Waals surface area contributed by atoms with E-state index in [9.17, 15) is 31.2 Å². The molecule has 1 unspecified atom stereocenters. The Hall–Kier alpha value is -3.57. The Balaban J connectivity index is 1.59. The zero-order valence-corrected chi connectivity index (χ0v) is 26.5. The molecular weight excluding hydrogens is 627 g/mol. The van der Waals surface area contributed by atoms with Crippen LogP contribution in [0, 0.1) is 0 Å². The summed E-state index contributed by atoms with van der Waals surface area (Å²) >= 11 is 6.24. The van der Waals surface area contributed by atoms with Crippen molar-refractivity contribution >= 4 is 39.1 Å². The Labute approximate surface area is 267 Å². The zero-order chi connectivity index (χ0) is 32.6. The molecule has 45 heavy (non-hydrogen) atoms. The number of carbonyl (C=O) groups excluding carboxylic acids is 2. The van der Waals surface area contributed by atoms with Crippen LogP contribution >= 0.6 is 11.6 Å². The van der Waals surface area contributed by atoms with E-state index in [1.54, 1.807) is 24.3 Å². The fourth-order valence-corrected chi connectivity index (χ4v) is 6.76. The van der Waals surface area contributed by atoms with Gasteiger partial charge in [0.25, 0.3) is 0 Å². The maximum atomic E-state index is 14.0. The van der Waals surface area contributed by atoms with Gasteiger partial charge in [0.15, 0.2) is 0 Å². The summed E-state index contributed by atoms with van der Waals surface area (Å²) in [6.45, 7) is -0.146. The van der Waals surface area contributed by atoms with Crippen LogP contribution in [0.5, 0.6) is 0 Å². The van der Waals surface area contributed by atoms with Gasteiger partial charge in [0.05, 0.1) is 17.5 Å². The summed E-state index contributed by atoms with van der Waals surface area (Å²) in [5, 5.41) is 3.60. The normalized spacial score (nSPS) is 14.6. The van der Waals surface area contributed by atoms with Crippen LogP contribution in [0.25, 0.3) is 0 Å². The van der Waals surface area contributed by atoms with Gasteiger partial charge in [0.1, 0.15) is 6.04 Å². The van der Waals surface area contributed by atoms with Crippen molar-refractivity contribution in [3.8, 4) is 0 Å². The van der Waals surface area contributed by atoms with Crippen molar-refractivity contribution in [2.75, 3.05) is 17.1 Å². The molecular formula is C33H37ClF3N3O4S. The average molecular weight is 664 g/mol. The molecule has 0 aliphatic heterocycles. The fourth-order valence-electron chi connectivity index (χ4n) is 5.59. The van der Waals surface area contributed by atoms with Crippen LogP contribution < -0.4 is 9.62 Å². The first-order chi connectivity index (χ1) is 21.3. The minimum absolute atomic E-state index is 0.0104. The quantitative estimate of drug-likeness (QED) is 0.223. The first-order valence-electron chi connectivity index (χ1n) is 14.8. The van der Waals surface area contributed by atoms with Gasteiger partial charge in [-0.05, 0) is 60.7 Å². The predicted molar refractivity (Wildman–Crippen MR) is 169 cm³/mol. The molecule has 0 heterocycles. The molecule has 0 bridgehead atoms. The lowest BCUT2D eigenvalue weighted by Gasteiger charge is -2.33. The maximum absolute atomic E-state index is 14.0. The SMILES string of the molecule is CS(=O)(=O)N(CCCC(=O)N(Cc1cccc(Cl)c1)C(Cc1ccccc1)C(=O)NC1CCCC1)c1cccc(C(F)(F)F)c1. The smallest absolute Gasteiger partial charge is 0.352 e. The summed E-state index contributed by atoms with van der Waals surface area (Å²) in [5.74, 6) is -0.669. The molecule has 1 aliphatic carbocycles. The predicted octanol–water partition coefficient (Wildman–Crippen LogP) is 6.60. The number of nitrogens with zero attached hydrogens (tertiary/aromatic N) is 2. The van der Waals surface area contributed by atoms with Crippen LogP contribution in [0.3, 0.4) is 0 Å². The van der Waals surface area contributed by atoms with Crippen molar-refractivity contribution in [2.45, 2.75) is 69.8 Å². The molecule has 2 amide bonds. The highest BCUT2D eigenvalue weighted by Gasteiger charge is 2.33. The van der Waals surface area contributed by atoms with Gasteiger partial charge in [-0.1, -0.05) is 73.0 Å². The lowest BCUT2D eigenvalue weighted by Crippen LogP contribution is -2.52. The Bertz CT molecular complexity index is 1560. The van der Waals surface area contributed by atoms with Gasteiger partial charge in [-0.15, -0.1) is 0 Å². The highest BCUT2D eigenvalue weighted by molar-refractivity contribution is 7.92. The summed E-state index contributed by atoms with van der Waals surface area (Å²) in [6, 6.07) is 19.6. The molecule has 1 aliphatic rings. The van der Waals surface area contributed by atoms with E-state index >= 15 is 0 Å². The van der Waals surface area contributed by atoms with Gasteiger partial charge in [0, 0.05) is 37.0 Å². The van der Waals surface area contributed by atoms with E-state index in [4.69, 9.17) is 11.6 Å². The van der Waals surface area contributed by atoms with E-state index in [0.29, 0.717) is 10.6 Å². The molecule has 3 aromatic rings. The third-order valence-corrected chi connectivity index (χ3v) is 9.26. The highest BCUT2D eigenvalue weighted by atomic mass is 35.5. The van der Waals surface area contributed by atoms with Gasteiger partial charge in [-0.3, -0.25) is 13.9 Å². The summed E-state index contributed by atoms with van der Waals surface area (Å²) < 4.78 is 66.1. The first-order valence-corrected chi connectivity index (χ1v) is 17.1. The topological polar surface area (TPSA) is 86.8 Å². The Morgan fingerprint density at radius 3 is 2.27 bits per heavy atom. The van der Waals surface area contributed by atoms with Crippen molar-refractivity contribution in [3.63, 3.8) is 0 Å². The minimum atomic E-state index is -4.65. The molecule has 0 radical (unpaired) electrons. The third-order valence-electron chi connectivity index (χ3n) is 7.83. The number of hydrogen-bond donors (Lipinski definition) is 1. The van der Waals surface area contributed by atoms with Gasteiger partial charge in [0.2, 0.25) is 21.8 Å². The third kappa shape index (κ3) is 9.96. The number of nitrogens with one attached hydrogen (secondary N) is 1. The van der Waals surface area contributed by atoms with Crippen LogP contribution in [-0.4, -0.2) is 50.0 Å². The standard InChI is InChI=1S/C33H37ClF3N3O4S/c1-45(43,44)40(29-17-8-13-26(22-29)33(35,36)37)19-9-18-31(41)39(23-25-12-7-14-27(34)20-25)30(21-24-10-3-2-4-11-24)32(42)38-28-15-5-6-16-28/h2-4,7-8,10-14,17,20,22,28,30H,5-6,9,15-16,18-19,21,23H2,1H3,(H,38,42). The molecule has 4 rings (SSSR count). The molecule has 1 N–H and O–H groups in total. The van der Waals surface area contributed by atoms with E-state index in [1.807, 2.05) is 30.3 Å². The van der Waals surface area contributed by atoms with Crippen molar-refractivity contribution in [3.05, 3.63) is 101 Å². The first kappa shape index (κ1) is 34.3. The van der Waals surface area contributed by atoms with Gasteiger partial charge < -0.3 is 10.2 Å². The summed E-state index contributed by atoms with van der Waals surface area (Å²) in [4.78, 5) is 29.3. The van der Waals surface area contributed by atoms with E-state index in [1.165, 1.54) is 11.0 Å². The summed E-state index contributed by atoms with van der Waals surface area (Å²) in [6.07, 6.45) is 0.137. The number of carbonyl (C=O) groups is 2. The number of amides is 2. The number of hydrogen-bond acceptors (Lipinski definition) is 4. The van der Waals surface area contributed by atoms with Crippen LogP contribution in [0.1, 0.15) is 55.2 Å². The molecule has 0 aromatic heterocycles. The van der Waals surface area contributed by atoms with Crippen LogP contribution in [0.4, 0.5) is 18.9 Å². The minimum Gasteiger partial charge on any atom is -0.352 e. The second kappa shape index (κ2) is 15.1. The lowest BCUT2D eigenvalue weighted by molar-refractivity contribution is -0.141. The number of sulfonamides is 1. The van der Waals surface area contributed by atoms with E-state index < -0.39 is 33.7 Å². The zero-order valence-electron chi connectivity index (χ0n) is 25.0. The van der Waals surface area contributed by atoms with Crippen molar-refractivity contribution in [2.24, 2.45) is 0 Å². The van der Waals surface area contributed by atoms with E-state index in [-0.39, 0.29) is 50.0 Å². The van der Waals surface area contributed by atoms with Gasteiger partial charge in [-0.25, -0.2) is 8.42 Å². The largest absolute Gasteiger partial charge is 0.416 e. The fraction of sp³-hybridized carbons (Fsp3) is 0.394. The molecule has 0 spiro atoms. The molecule has 242 valence electrons. The molecule has 1 saturated carbocycles. The average Bonchev–Trinajstić information content (AvgIpc) is 3.49. The monoisotopic (exact) mass is 663 g/mol. The summed E-state index contributed by atoms with van der Waals surface area (Å²) in [5.41, 5.74) is 0.452. The summed E-state index contributed by atoms with van der Waals surface area (Å²) in [7, 11) is -3.97. The van der Waals surface area contributed by atoms with E-state index in [0.717, 1.165) is 60.0 Å². The Kier molecular flexibility index (Phi) is 11.5. The second-order valence-corrected chi connectivity index (χ2v) is 13.7. The number of alkyl halides is 3. The Morgan fingerprint density at radius 2 is 1.62 bits per heavy atom. The highest BCUT2D eigenvalue weighted by Crippen LogP contribution is 2.32.